The molecule has 1 fully saturated rings. The third-order valence-electron chi connectivity index (χ3n) is 5.23. The van der Waals surface area contributed by atoms with E-state index in [2.05, 4.69) is 15.5 Å². The number of benzene rings is 1. The standard InChI is InChI=1S/C22H29N3O4/c1-16(26)24-19(17-7-9-18(28-2)10-8-17)14-22(27)23-15-20(21-6-5-13-29-21)25-11-3-4-12-25/h5-10,13,19-20H,3-4,11-12,14-15H2,1-2H3,(H,23,27)(H,24,26). The van der Waals surface area contributed by atoms with Crippen LogP contribution in [0.5, 0.6) is 5.75 Å². The van der Waals surface area contributed by atoms with Crippen LogP contribution in [0.25, 0.3) is 0 Å². The lowest BCUT2D eigenvalue weighted by Crippen LogP contribution is -2.38. The number of amides is 2. The van der Waals surface area contributed by atoms with Crippen LogP contribution in [0.4, 0.5) is 0 Å². The molecule has 1 aromatic carbocycles. The Morgan fingerprint density at radius 1 is 1.17 bits per heavy atom. The van der Waals surface area contributed by atoms with Crippen LogP contribution in [-0.2, 0) is 9.59 Å². The van der Waals surface area contributed by atoms with E-state index in [0.29, 0.717) is 6.54 Å². The minimum Gasteiger partial charge on any atom is -0.497 e. The van der Waals surface area contributed by atoms with E-state index >= 15 is 0 Å². The fourth-order valence-electron chi connectivity index (χ4n) is 3.75. The van der Waals surface area contributed by atoms with Crippen LogP contribution >= 0.6 is 0 Å². The van der Waals surface area contributed by atoms with E-state index < -0.39 is 6.04 Å². The van der Waals surface area contributed by atoms with E-state index in [4.69, 9.17) is 9.15 Å². The number of likely N-dealkylation sites (tertiary alicyclic amines) is 1. The van der Waals surface area contributed by atoms with Gasteiger partial charge in [0.15, 0.2) is 0 Å². The number of carbonyl (C=O) groups is 2. The Balaban J connectivity index is 1.63. The molecule has 2 N–H and O–H groups in total. The zero-order valence-corrected chi connectivity index (χ0v) is 17.0. The maximum absolute atomic E-state index is 12.7. The van der Waals surface area contributed by atoms with Crippen LogP contribution in [0, 0.1) is 0 Å². The summed E-state index contributed by atoms with van der Waals surface area (Å²) in [5.74, 6) is 1.30. The highest BCUT2D eigenvalue weighted by molar-refractivity contribution is 5.79. The molecule has 29 heavy (non-hydrogen) atoms. The highest BCUT2D eigenvalue weighted by atomic mass is 16.5. The molecule has 3 rings (SSSR count). The Hall–Kier alpha value is -2.80. The lowest BCUT2D eigenvalue weighted by Gasteiger charge is -2.26. The van der Waals surface area contributed by atoms with Gasteiger partial charge >= 0.3 is 0 Å². The van der Waals surface area contributed by atoms with Crippen LogP contribution in [0.15, 0.2) is 47.1 Å². The van der Waals surface area contributed by atoms with Gasteiger partial charge in [-0.1, -0.05) is 12.1 Å². The van der Waals surface area contributed by atoms with Gasteiger partial charge in [0.1, 0.15) is 11.5 Å². The summed E-state index contributed by atoms with van der Waals surface area (Å²) in [7, 11) is 1.60. The second-order valence-corrected chi connectivity index (χ2v) is 7.31. The molecule has 2 unspecified atom stereocenters. The van der Waals surface area contributed by atoms with E-state index in [1.807, 2.05) is 36.4 Å². The molecule has 7 nitrogen and oxygen atoms in total. The molecule has 2 amide bonds. The Morgan fingerprint density at radius 2 is 1.90 bits per heavy atom. The number of furan rings is 1. The molecule has 2 atom stereocenters. The van der Waals surface area contributed by atoms with Crippen LogP contribution in [0.3, 0.4) is 0 Å². The number of methoxy groups -OCH3 is 1. The van der Waals surface area contributed by atoms with E-state index in [-0.39, 0.29) is 24.3 Å². The van der Waals surface area contributed by atoms with E-state index in [1.54, 1.807) is 13.4 Å². The number of rotatable bonds is 9. The highest BCUT2D eigenvalue weighted by Crippen LogP contribution is 2.25. The van der Waals surface area contributed by atoms with Crippen molar-refractivity contribution in [2.24, 2.45) is 0 Å². The van der Waals surface area contributed by atoms with Crippen molar-refractivity contribution in [3.63, 3.8) is 0 Å². The third kappa shape index (κ3) is 5.84. The molecule has 0 saturated carbocycles. The van der Waals surface area contributed by atoms with Gasteiger partial charge in [0.2, 0.25) is 11.8 Å². The average Bonchev–Trinajstić information content (AvgIpc) is 3.42. The first kappa shape index (κ1) is 20.9. The number of nitrogens with one attached hydrogen (secondary N) is 2. The summed E-state index contributed by atoms with van der Waals surface area (Å²) in [6.07, 6.45) is 4.15. The predicted octanol–water partition coefficient (Wildman–Crippen LogP) is 2.81. The van der Waals surface area contributed by atoms with Crippen LogP contribution in [0.1, 0.15) is 49.6 Å². The van der Waals surface area contributed by atoms with Gasteiger partial charge in [0.05, 0.1) is 31.9 Å². The van der Waals surface area contributed by atoms with Crippen LogP contribution in [-0.4, -0.2) is 43.5 Å². The summed E-state index contributed by atoms with van der Waals surface area (Å²) in [5.41, 5.74) is 0.860. The van der Waals surface area contributed by atoms with Crippen molar-refractivity contribution in [2.45, 2.75) is 38.3 Å². The lowest BCUT2D eigenvalue weighted by molar-refractivity contribution is -0.123. The SMILES string of the molecule is COc1ccc(C(CC(=O)NCC(c2ccco2)N2CCCC2)NC(C)=O)cc1. The molecule has 0 spiro atoms. The number of carbonyl (C=O) groups excluding carboxylic acids is 2. The topological polar surface area (TPSA) is 83.8 Å². The number of ether oxygens (including phenoxy) is 1. The molecule has 1 aliphatic heterocycles. The van der Waals surface area contributed by atoms with E-state index in [9.17, 15) is 9.59 Å². The molecule has 2 aromatic rings. The zero-order valence-electron chi connectivity index (χ0n) is 17.0. The summed E-state index contributed by atoms with van der Waals surface area (Å²) in [6.45, 7) is 3.93. The maximum atomic E-state index is 12.7. The molecule has 1 aromatic heterocycles. The number of nitrogens with zero attached hydrogens (tertiary/aromatic N) is 1. The average molecular weight is 399 g/mol. The normalized spacial score (nSPS) is 16.2. The summed E-state index contributed by atoms with van der Waals surface area (Å²) in [5, 5.41) is 5.89. The van der Waals surface area contributed by atoms with Gasteiger partial charge in [0.25, 0.3) is 0 Å². The van der Waals surface area contributed by atoms with Gasteiger partial charge in [-0.25, -0.2) is 0 Å². The molecule has 0 bridgehead atoms. The first-order valence-electron chi connectivity index (χ1n) is 10.0. The van der Waals surface area contributed by atoms with Crippen molar-refractivity contribution in [1.29, 1.82) is 0 Å². The van der Waals surface area contributed by atoms with Crippen LogP contribution < -0.4 is 15.4 Å². The first-order chi connectivity index (χ1) is 14.1. The quantitative estimate of drug-likeness (QED) is 0.677. The van der Waals surface area contributed by atoms with Gasteiger partial charge in [0, 0.05) is 13.5 Å². The minimum absolute atomic E-state index is 0.0247. The van der Waals surface area contributed by atoms with Gasteiger partial charge in [-0.15, -0.1) is 0 Å². The first-order valence-corrected chi connectivity index (χ1v) is 10.0. The Bertz CT molecular complexity index is 783. The summed E-state index contributed by atoms with van der Waals surface area (Å²) in [4.78, 5) is 26.7. The predicted molar refractivity (Wildman–Crippen MR) is 109 cm³/mol. The largest absolute Gasteiger partial charge is 0.497 e. The van der Waals surface area contributed by atoms with Crippen molar-refractivity contribution >= 4 is 11.8 Å². The van der Waals surface area contributed by atoms with Gasteiger partial charge in [-0.05, 0) is 55.8 Å². The van der Waals surface area contributed by atoms with Gasteiger partial charge < -0.3 is 19.8 Å². The number of hydrogen-bond donors (Lipinski definition) is 2. The Kier molecular flexibility index (Phi) is 7.30. The molecule has 7 heteroatoms. The molecule has 1 saturated heterocycles. The van der Waals surface area contributed by atoms with Gasteiger partial charge in [-0.2, -0.15) is 0 Å². The summed E-state index contributed by atoms with van der Waals surface area (Å²) in [6, 6.07) is 10.8. The number of hydrogen-bond acceptors (Lipinski definition) is 5. The van der Waals surface area contributed by atoms with Crippen molar-refractivity contribution in [3.8, 4) is 5.75 Å². The zero-order chi connectivity index (χ0) is 20.6. The molecule has 1 aliphatic rings. The summed E-state index contributed by atoms with van der Waals surface area (Å²) < 4.78 is 10.8. The second kappa shape index (κ2) is 10.1. The second-order valence-electron chi connectivity index (χ2n) is 7.31. The Morgan fingerprint density at radius 3 is 2.48 bits per heavy atom. The minimum atomic E-state index is -0.396. The fraction of sp³-hybridized carbons (Fsp3) is 0.455. The van der Waals surface area contributed by atoms with Crippen LogP contribution in [0.2, 0.25) is 0 Å². The third-order valence-corrected chi connectivity index (χ3v) is 5.23. The highest BCUT2D eigenvalue weighted by Gasteiger charge is 2.26. The summed E-state index contributed by atoms with van der Waals surface area (Å²) >= 11 is 0. The maximum Gasteiger partial charge on any atom is 0.222 e. The van der Waals surface area contributed by atoms with Crippen molar-refractivity contribution < 1.29 is 18.7 Å². The molecule has 2 heterocycles. The monoisotopic (exact) mass is 399 g/mol. The molecular formula is C22H29N3O4. The van der Waals surface area contributed by atoms with Crippen molar-refractivity contribution in [3.05, 3.63) is 54.0 Å². The lowest BCUT2D eigenvalue weighted by atomic mass is 10.0. The Labute approximate surface area is 171 Å². The molecule has 0 aliphatic carbocycles. The van der Waals surface area contributed by atoms with Crippen molar-refractivity contribution in [1.82, 2.24) is 15.5 Å². The fourth-order valence-corrected chi connectivity index (χ4v) is 3.75. The van der Waals surface area contributed by atoms with E-state index in [1.165, 1.54) is 6.92 Å². The van der Waals surface area contributed by atoms with E-state index in [0.717, 1.165) is 43.0 Å². The molecule has 0 radical (unpaired) electrons. The van der Waals surface area contributed by atoms with Crippen molar-refractivity contribution in [2.75, 3.05) is 26.7 Å². The van der Waals surface area contributed by atoms with Gasteiger partial charge in [-0.3, -0.25) is 14.5 Å². The smallest absolute Gasteiger partial charge is 0.222 e. The molecule has 156 valence electrons. The molecular weight excluding hydrogens is 370 g/mol.